The molecule has 2 amide bonds. The fourth-order valence-electron chi connectivity index (χ4n) is 4.09. The van der Waals surface area contributed by atoms with Gasteiger partial charge in [-0.3, -0.25) is 9.59 Å². The molecule has 0 bridgehead atoms. The fourth-order valence-corrected chi connectivity index (χ4v) is 5.11. The number of aromatic nitrogens is 2. The van der Waals surface area contributed by atoms with Crippen LogP contribution in [-0.4, -0.2) is 63.0 Å². The molecule has 0 spiro atoms. The van der Waals surface area contributed by atoms with E-state index in [2.05, 4.69) is 15.3 Å². The lowest BCUT2D eigenvalue weighted by molar-refractivity contribution is -0.131. The minimum Gasteiger partial charge on any atom is -0.338 e. The summed E-state index contributed by atoms with van der Waals surface area (Å²) in [5, 5.41) is 5.85. The smallest absolute Gasteiger partial charge is 0.253 e. The van der Waals surface area contributed by atoms with Crippen molar-refractivity contribution < 1.29 is 9.59 Å². The van der Waals surface area contributed by atoms with Gasteiger partial charge in [-0.1, -0.05) is 29.8 Å². The van der Waals surface area contributed by atoms with Gasteiger partial charge in [0.15, 0.2) is 0 Å². The highest BCUT2D eigenvalue weighted by Gasteiger charge is 2.29. The van der Waals surface area contributed by atoms with Gasteiger partial charge in [0.1, 0.15) is 0 Å². The molecule has 178 valence electrons. The molecule has 7 nitrogen and oxygen atoms in total. The molecular formula is C26H24ClN5O2S. The first-order chi connectivity index (χ1) is 17.1. The molecule has 2 aliphatic rings. The first-order valence-electron chi connectivity index (χ1n) is 11.4. The molecule has 1 N–H and O–H groups in total. The maximum atomic E-state index is 13.0. The minimum atomic E-state index is -0.0263. The van der Waals surface area contributed by atoms with E-state index in [0.29, 0.717) is 42.7 Å². The Balaban J connectivity index is 1.18. The van der Waals surface area contributed by atoms with Gasteiger partial charge >= 0.3 is 0 Å². The summed E-state index contributed by atoms with van der Waals surface area (Å²) in [5.41, 5.74) is 3.13. The number of benzene rings is 2. The van der Waals surface area contributed by atoms with Crippen molar-refractivity contribution in [2.45, 2.75) is 11.7 Å². The van der Waals surface area contributed by atoms with Crippen molar-refractivity contribution in [1.29, 1.82) is 0 Å². The number of halogens is 1. The van der Waals surface area contributed by atoms with E-state index in [-0.39, 0.29) is 17.1 Å². The quantitative estimate of drug-likeness (QED) is 0.534. The van der Waals surface area contributed by atoms with E-state index < -0.39 is 0 Å². The van der Waals surface area contributed by atoms with Gasteiger partial charge in [0.25, 0.3) is 5.91 Å². The molecule has 0 aliphatic carbocycles. The third-order valence-electron chi connectivity index (χ3n) is 6.03. The Kier molecular flexibility index (Phi) is 7.01. The third-order valence-corrected chi connectivity index (χ3v) is 7.35. The van der Waals surface area contributed by atoms with E-state index in [0.717, 1.165) is 23.4 Å². The second-order valence-electron chi connectivity index (χ2n) is 8.32. The monoisotopic (exact) mass is 505 g/mol. The maximum Gasteiger partial charge on any atom is 0.253 e. The standard InChI is InChI=1S/C26H24ClN5O2S/c27-20-7-3-18(4-8-20)22-11-12-28-26(30-22)29-21-9-5-19(6-10-21)24(33)31-13-15-32(16-14-31)25(34)23-2-1-17-35-23/h1,3-12,17,23H,2,13-16H2,(H,28,29,30). The number of rotatable bonds is 5. The summed E-state index contributed by atoms with van der Waals surface area (Å²) in [5.74, 6) is 0.611. The van der Waals surface area contributed by atoms with Gasteiger partial charge in [-0.05, 0) is 54.3 Å². The largest absolute Gasteiger partial charge is 0.338 e. The second kappa shape index (κ2) is 10.5. The van der Waals surface area contributed by atoms with Crippen LogP contribution in [0.4, 0.5) is 11.6 Å². The molecular weight excluding hydrogens is 482 g/mol. The second-order valence-corrected chi connectivity index (χ2v) is 9.87. The SMILES string of the molecule is O=C(c1ccc(Nc2nccc(-c3ccc(Cl)cc3)n2)cc1)N1CCN(C(=O)C2CC=CS2)CC1. The predicted octanol–water partition coefficient (Wildman–Crippen LogP) is 4.84. The summed E-state index contributed by atoms with van der Waals surface area (Å²) in [6, 6.07) is 16.6. The van der Waals surface area contributed by atoms with Crippen LogP contribution in [0.2, 0.25) is 5.02 Å². The molecule has 1 aromatic heterocycles. The van der Waals surface area contributed by atoms with E-state index in [1.807, 2.05) is 63.7 Å². The number of hydrogen-bond donors (Lipinski definition) is 1. The van der Waals surface area contributed by atoms with Gasteiger partial charge in [-0.2, -0.15) is 0 Å². The van der Waals surface area contributed by atoms with Crippen LogP contribution in [0.3, 0.4) is 0 Å². The first-order valence-corrected chi connectivity index (χ1v) is 12.7. The molecule has 1 unspecified atom stereocenters. The Hall–Kier alpha value is -3.36. The number of anilines is 2. The van der Waals surface area contributed by atoms with E-state index in [9.17, 15) is 9.59 Å². The number of piperazine rings is 1. The summed E-state index contributed by atoms with van der Waals surface area (Å²) in [6.45, 7) is 2.23. The molecule has 1 fully saturated rings. The number of amides is 2. The van der Waals surface area contributed by atoms with E-state index in [1.165, 1.54) is 0 Å². The highest BCUT2D eigenvalue weighted by molar-refractivity contribution is 8.03. The van der Waals surface area contributed by atoms with Crippen LogP contribution in [0.5, 0.6) is 0 Å². The van der Waals surface area contributed by atoms with Crippen LogP contribution in [0.15, 0.2) is 72.3 Å². The Morgan fingerprint density at radius 1 is 0.943 bits per heavy atom. The van der Waals surface area contributed by atoms with Gasteiger partial charge in [0, 0.05) is 54.2 Å². The van der Waals surface area contributed by atoms with Crippen LogP contribution in [-0.2, 0) is 4.79 Å². The van der Waals surface area contributed by atoms with Crippen molar-refractivity contribution >= 4 is 46.8 Å². The van der Waals surface area contributed by atoms with Crippen molar-refractivity contribution in [3.63, 3.8) is 0 Å². The Morgan fingerprint density at radius 3 is 2.34 bits per heavy atom. The van der Waals surface area contributed by atoms with E-state index in [4.69, 9.17) is 11.6 Å². The molecule has 2 aliphatic heterocycles. The minimum absolute atomic E-state index is 0.00633. The van der Waals surface area contributed by atoms with Gasteiger partial charge in [-0.25, -0.2) is 9.97 Å². The zero-order valence-electron chi connectivity index (χ0n) is 18.9. The molecule has 35 heavy (non-hydrogen) atoms. The lowest BCUT2D eigenvalue weighted by Gasteiger charge is -2.35. The Labute approximate surface area is 213 Å². The molecule has 1 atom stereocenters. The summed E-state index contributed by atoms with van der Waals surface area (Å²) in [7, 11) is 0. The van der Waals surface area contributed by atoms with Gasteiger partial charge in [0.2, 0.25) is 11.9 Å². The molecule has 1 saturated heterocycles. The van der Waals surface area contributed by atoms with Crippen molar-refractivity contribution in [2.75, 3.05) is 31.5 Å². The summed E-state index contributed by atoms with van der Waals surface area (Å²) >= 11 is 7.55. The number of nitrogens with one attached hydrogen (secondary N) is 1. The van der Waals surface area contributed by atoms with E-state index >= 15 is 0 Å². The number of thioether (sulfide) groups is 1. The summed E-state index contributed by atoms with van der Waals surface area (Å²) in [4.78, 5) is 38.1. The number of carbonyl (C=O) groups excluding carboxylic acids is 2. The zero-order valence-corrected chi connectivity index (χ0v) is 20.5. The first kappa shape index (κ1) is 23.4. The average molecular weight is 506 g/mol. The molecule has 0 radical (unpaired) electrons. The Morgan fingerprint density at radius 2 is 1.66 bits per heavy atom. The molecule has 3 heterocycles. The van der Waals surface area contributed by atoms with Crippen molar-refractivity contribution in [1.82, 2.24) is 19.8 Å². The lowest BCUT2D eigenvalue weighted by atomic mass is 10.1. The van der Waals surface area contributed by atoms with Crippen LogP contribution in [0.25, 0.3) is 11.3 Å². The van der Waals surface area contributed by atoms with Crippen LogP contribution >= 0.6 is 23.4 Å². The van der Waals surface area contributed by atoms with Gasteiger partial charge in [0.05, 0.1) is 10.9 Å². The van der Waals surface area contributed by atoms with Crippen LogP contribution in [0, 0.1) is 0 Å². The predicted molar refractivity (Wildman–Crippen MR) is 140 cm³/mol. The van der Waals surface area contributed by atoms with Crippen LogP contribution in [0.1, 0.15) is 16.8 Å². The number of nitrogens with zero attached hydrogens (tertiary/aromatic N) is 4. The maximum absolute atomic E-state index is 13.0. The fraction of sp³-hybridized carbons (Fsp3) is 0.231. The Bertz CT molecular complexity index is 1230. The highest BCUT2D eigenvalue weighted by atomic mass is 35.5. The van der Waals surface area contributed by atoms with Crippen LogP contribution < -0.4 is 5.32 Å². The summed E-state index contributed by atoms with van der Waals surface area (Å²) < 4.78 is 0. The number of hydrogen-bond acceptors (Lipinski definition) is 6. The molecule has 9 heteroatoms. The molecule has 5 rings (SSSR count). The van der Waals surface area contributed by atoms with Crippen molar-refractivity contribution in [3.8, 4) is 11.3 Å². The molecule has 2 aromatic carbocycles. The normalized spacial score (nSPS) is 17.5. The molecule has 3 aromatic rings. The van der Waals surface area contributed by atoms with Gasteiger partial charge in [-0.15, -0.1) is 11.8 Å². The molecule has 0 saturated carbocycles. The number of allylic oxidation sites excluding steroid dienone is 1. The summed E-state index contributed by atoms with van der Waals surface area (Å²) in [6.07, 6.45) is 4.52. The zero-order chi connectivity index (χ0) is 24.2. The van der Waals surface area contributed by atoms with E-state index in [1.54, 1.807) is 30.1 Å². The van der Waals surface area contributed by atoms with Gasteiger partial charge < -0.3 is 15.1 Å². The van der Waals surface area contributed by atoms with Crippen molar-refractivity contribution in [2.24, 2.45) is 0 Å². The topological polar surface area (TPSA) is 78.4 Å². The highest BCUT2D eigenvalue weighted by Crippen LogP contribution is 2.26. The lowest BCUT2D eigenvalue weighted by Crippen LogP contribution is -2.52. The average Bonchev–Trinajstić information content (AvgIpc) is 3.44. The third kappa shape index (κ3) is 5.49. The van der Waals surface area contributed by atoms with Crippen molar-refractivity contribution in [3.05, 3.63) is 82.9 Å². The number of carbonyl (C=O) groups is 2.